The summed E-state index contributed by atoms with van der Waals surface area (Å²) in [5.41, 5.74) is 0.876. The van der Waals surface area contributed by atoms with Gasteiger partial charge in [0.15, 0.2) is 9.84 Å². The van der Waals surface area contributed by atoms with E-state index < -0.39 is 15.9 Å². The number of rotatable bonds is 5. The highest BCUT2D eigenvalue weighted by Gasteiger charge is 2.38. The zero-order valence-electron chi connectivity index (χ0n) is 16.6. The zero-order chi connectivity index (χ0) is 20.4. The summed E-state index contributed by atoms with van der Waals surface area (Å²) in [5.74, 6) is 0.0303. The van der Waals surface area contributed by atoms with Crippen molar-refractivity contribution in [3.63, 3.8) is 0 Å². The smallest absolute Gasteiger partial charge is 0.244 e. The molecule has 4 rings (SSSR count). The Kier molecular flexibility index (Phi) is 5.92. The molecule has 0 spiro atoms. The highest BCUT2D eigenvalue weighted by molar-refractivity contribution is 7.91. The molecule has 158 valence electrons. The van der Waals surface area contributed by atoms with Gasteiger partial charge in [-0.15, -0.1) is 0 Å². The molecule has 2 saturated heterocycles. The lowest BCUT2D eigenvalue weighted by Gasteiger charge is -2.39. The summed E-state index contributed by atoms with van der Waals surface area (Å²) in [6, 6.07) is 9.37. The first-order chi connectivity index (χ1) is 13.9. The molecule has 29 heavy (non-hydrogen) atoms. The van der Waals surface area contributed by atoms with Crippen LogP contribution in [0.3, 0.4) is 0 Å². The van der Waals surface area contributed by atoms with Gasteiger partial charge in [0.25, 0.3) is 0 Å². The summed E-state index contributed by atoms with van der Waals surface area (Å²) in [6.45, 7) is 1.79. The van der Waals surface area contributed by atoms with Crippen molar-refractivity contribution in [1.29, 1.82) is 0 Å². The highest BCUT2D eigenvalue weighted by atomic mass is 32.2. The Morgan fingerprint density at radius 1 is 1.00 bits per heavy atom. The molecular weight excluding hydrogens is 390 g/mol. The number of hydrogen-bond acceptors (Lipinski definition) is 5. The summed E-state index contributed by atoms with van der Waals surface area (Å²) < 4.78 is 23.7. The molecule has 3 aliphatic rings. The predicted octanol–water partition coefficient (Wildman–Crippen LogP) is 0.975. The van der Waals surface area contributed by atoms with E-state index in [0.29, 0.717) is 32.2 Å². The van der Waals surface area contributed by atoms with Crippen molar-refractivity contribution >= 4 is 21.7 Å². The number of benzene rings is 1. The van der Waals surface area contributed by atoms with Crippen LogP contribution in [-0.2, 0) is 19.4 Å². The molecule has 2 atom stereocenters. The van der Waals surface area contributed by atoms with Crippen LogP contribution in [0, 0.1) is 5.92 Å². The Balaban J connectivity index is 1.50. The van der Waals surface area contributed by atoms with Crippen LogP contribution in [0.1, 0.15) is 37.3 Å². The molecule has 0 bridgehead atoms. The monoisotopic (exact) mass is 419 g/mol. The van der Waals surface area contributed by atoms with Crippen molar-refractivity contribution in [2.75, 3.05) is 37.7 Å². The second-order valence-corrected chi connectivity index (χ2v) is 10.7. The lowest BCUT2D eigenvalue weighted by Crippen LogP contribution is -2.52. The van der Waals surface area contributed by atoms with E-state index in [2.05, 4.69) is 5.32 Å². The number of carbonyl (C=O) groups is 2. The van der Waals surface area contributed by atoms with Gasteiger partial charge in [-0.3, -0.25) is 14.5 Å². The van der Waals surface area contributed by atoms with E-state index in [1.165, 1.54) is 0 Å². The molecule has 3 fully saturated rings. The predicted molar refractivity (Wildman–Crippen MR) is 110 cm³/mol. The molecule has 2 aliphatic heterocycles. The molecule has 0 aromatic heterocycles. The Morgan fingerprint density at radius 2 is 1.69 bits per heavy atom. The lowest BCUT2D eigenvalue weighted by atomic mass is 9.95. The van der Waals surface area contributed by atoms with E-state index >= 15 is 0 Å². The molecule has 1 aromatic rings. The molecule has 1 aromatic carbocycles. The number of likely N-dealkylation sites (tertiary alicyclic amines) is 1. The summed E-state index contributed by atoms with van der Waals surface area (Å²) in [4.78, 5) is 29.9. The summed E-state index contributed by atoms with van der Waals surface area (Å²) in [6.07, 6.45) is 3.72. The molecule has 2 unspecified atom stereocenters. The van der Waals surface area contributed by atoms with Crippen LogP contribution < -0.4 is 5.32 Å². The third-order valence-corrected chi connectivity index (χ3v) is 7.73. The summed E-state index contributed by atoms with van der Waals surface area (Å²) in [7, 11) is -3.03. The second kappa shape index (κ2) is 8.44. The Bertz CT molecular complexity index is 840. The van der Waals surface area contributed by atoms with Crippen LogP contribution >= 0.6 is 0 Å². The van der Waals surface area contributed by atoms with Crippen LogP contribution in [0.15, 0.2) is 30.3 Å². The molecule has 7 nitrogen and oxygen atoms in total. The maximum atomic E-state index is 13.6. The number of carbonyl (C=O) groups excluding carboxylic acids is 2. The van der Waals surface area contributed by atoms with Gasteiger partial charge in [0.05, 0.1) is 17.4 Å². The van der Waals surface area contributed by atoms with Crippen LogP contribution in [0.5, 0.6) is 0 Å². The van der Waals surface area contributed by atoms with Crippen molar-refractivity contribution in [3.8, 4) is 0 Å². The largest absolute Gasteiger partial charge is 0.353 e. The molecule has 8 heteroatoms. The van der Waals surface area contributed by atoms with Crippen molar-refractivity contribution < 1.29 is 18.0 Å². The van der Waals surface area contributed by atoms with E-state index in [-0.39, 0.29) is 29.2 Å². The van der Waals surface area contributed by atoms with Gasteiger partial charge >= 0.3 is 0 Å². The standard InChI is InChI=1S/C21H29N3O4S/c25-20(22-18-8-9-18)17-7-4-10-24(15-17)21(26)19(16-5-2-1-3-6-16)23-11-13-29(27,28)14-12-23/h1-3,5-6,17-19H,4,7-15H2,(H,22,25). The minimum Gasteiger partial charge on any atom is -0.353 e. The van der Waals surface area contributed by atoms with Crippen LogP contribution in [-0.4, -0.2) is 73.8 Å². The van der Waals surface area contributed by atoms with Crippen LogP contribution in [0.4, 0.5) is 0 Å². The van der Waals surface area contributed by atoms with Gasteiger partial charge in [0.1, 0.15) is 6.04 Å². The number of hydrogen-bond donors (Lipinski definition) is 1. The molecule has 2 amide bonds. The average Bonchev–Trinajstić information content (AvgIpc) is 3.54. The van der Waals surface area contributed by atoms with E-state index in [4.69, 9.17) is 0 Å². The first kappa shape index (κ1) is 20.3. The summed E-state index contributed by atoms with van der Waals surface area (Å²) in [5, 5.41) is 3.06. The number of piperidine rings is 1. The minimum atomic E-state index is -3.03. The van der Waals surface area contributed by atoms with Crippen molar-refractivity contribution in [2.24, 2.45) is 5.92 Å². The average molecular weight is 420 g/mol. The molecule has 1 aliphatic carbocycles. The highest BCUT2D eigenvalue weighted by Crippen LogP contribution is 2.28. The van der Waals surface area contributed by atoms with E-state index in [1.807, 2.05) is 35.2 Å². The maximum Gasteiger partial charge on any atom is 0.244 e. The first-order valence-electron chi connectivity index (χ1n) is 10.5. The fraction of sp³-hybridized carbons (Fsp3) is 0.619. The third kappa shape index (κ3) is 4.98. The zero-order valence-corrected chi connectivity index (χ0v) is 17.4. The topological polar surface area (TPSA) is 86.8 Å². The van der Waals surface area contributed by atoms with Crippen LogP contribution in [0.25, 0.3) is 0 Å². The molecule has 0 radical (unpaired) electrons. The van der Waals surface area contributed by atoms with Gasteiger partial charge < -0.3 is 10.2 Å². The summed E-state index contributed by atoms with van der Waals surface area (Å²) >= 11 is 0. The van der Waals surface area contributed by atoms with Gasteiger partial charge in [0.2, 0.25) is 11.8 Å². The second-order valence-electron chi connectivity index (χ2n) is 8.41. The third-order valence-electron chi connectivity index (χ3n) is 6.12. The van der Waals surface area contributed by atoms with E-state index in [0.717, 1.165) is 31.2 Å². The lowest BCUT2D eigenvalue weighted by molar-refractivity contribution is -0.140. The van der Waals surface area contributed by atoms with Crippen molar-refractivity contribution in [1.82, 2.24) is 15.1 Å². The Hall–Kier alpha value is -1.93. The van der Waals surface area contributed by atoms with E-state index in [9.17, 15) is 18.0 Å². The molecule has 2 heterocycles. The van der Waals surface area contributed by atoms with Crippen molar-refractivity contribution in [2.45, 2.75) is 37.8 Å². The molecule has 1 N–H and O–H groups in total. The number of amides is 2. The van der Waals surface area contributed by atoms with E-state index in [1.54, 1.807) is 4.90 Å². The van der Waals surface area contributed by atoms with Gasteiger partial charge in [0, 0.05) is 32.2 Å². The fourth-order valence-electron chi connectivity index (χ4n) is 4.24. The van der Waals surface area contributed by atoms with Gasteiger partial charge in [-0.1, -0.05) is 30.3 Å². The first-order valence-corrected chi connectivity index (χ1v) is 12.3. The SMILES string of the molecule is O=C(NC1CC1)C1CCCN(C(=O)C(c2ccccc2)N2CCS(=O)(=O)CC2)C1. The van der Waals surface area contributed by atoms with Crippen molar-refractivity contribution in [3.05, 3.63) is 35.9 Å². The molecule has 1 saturated carbocycles. The minimum absolute atomic E-state index is 0.0283. The maximum absolute atomic E-state index is 13.6. The normalized spacial score (nSPS) is 25.9. The van der Waals surface area contributed by atoms with Gasteiger partial charge in [-0.2, -0.15) is 0 Å². The molecular formula is C21H29N3O4S. The number of nitrogens with one attached hydrogen (secondary N) is 1. The fourth-order valence-corrected chi connectivity index (χ4v) is 5.47. The quantitative estimate of drug-likeness (QED) is 0.769. The number of sulfone groups is 1. The van der Waals surface area contributed by atoms with Crippen LogP contribution in [0.2, 0.25) is 0 Å². The number of nitrogens with zero attached hydrogens (tertiary/aromatic N) is 2. The Labute approximate surface area is 172 Å². The Morgan fingerprint density at radius 3 is 2.34 bits per heavy atom. The van der Waals surface area contributed by atoms with Gasteiger partial charge in [-0.05, 0) is 31.2 Å². The van der Waals surface area contributed by atoms with Gasteiger partial charge in [-0.25, -0.2) is 8.42 Å².